The molecule has 1 aliphatic rings. The number of aromatic nitrogens is 1. The highest BCUT2D eigenvalue weighted by molar-refractivity contribution is 5.86. The monoisotopic (exact) mass is 436 g/mol. The first-order chi connectivity index (χ1) is 15.5. The van der Waals surface area contributed by atoms with Crippen LogP contribution in [0.25, 0.3) is 10.9 Å². The Morgan fingerprint density at radius 1 is 1.03 bits per heavy atom. The fourth-order valence-corrected chi connectivity index (χ4v) is 4.42. The third-order valence-electron chi connectivity index (χ3n) is 6.19. The number of rotatable bonds is 8. The van der Waals surface area contributed by atoms with E-state index in [0.29, 0.717) is 6.04 Å². The molecule has 2 heterocycles. The number of nitrogens with one attached hydrogen (secondary N) is 1. The van der Waals surface area contributed by atoms with E-state index in [1.54, 1.807) is 0 Å². The predicted octanol–water partition coefficient (Wildman–Crippen LogP) is 2.80. The van der Waals surface area contributed by atoms with Gasteiger partial charge in [-0.1, -0.05) is 24.3 Å². The van der Waals surface area contributed by atoms with Crippen LogP contribution in [0.1, 0.15) is 30.0 Å². The molecule has 168 valence electrons. The lowest BCUT2D eigenvalue weighted by molar-refractivity contribution is -0.124. The maximum absolute atomic E-state index is 13.1. The lowest BCUT2D eigenvalue weighted by atomic mass is 10.0. The summed E-state index contributed by atoms with van der Waals surface area (Å²) in [6.07, 6.45) is 5.42. The van der Waals surface area contributed by atoms with Crippen LogP contribution in [-0.4, -0.2) is 47.5 Å². The Labute approximate surface area is 187 Å². The van der Waals surface area contributed by atoms with Gasteiger partial charge in [0.05, 0.1) is 13.0 Å². The van der Waals surface area contributed by atoms with Crippen molar-refractivity contribution in [2.75, 3.05) is 26.2 Å². The van der Waals surface area contributed by atoms with Crippen LogP contribution in [0.2, 0.25) is 0 Å². The highest BCUT2D eigenvalue weighted by Gasteiger charge is 2.21. The molecule has 3 N–H and O–H groups in total. The molecule has 0 unspecified atom stereocenters. The molecule has 0 atom stereocenters. The summed E-state index contributed by atoms with van der Waals surface area (Å²) in [5, 5.41) is 3.69. The Bertz CT molecular complexity index is 1090. The van der Waals surface area contributed by atoms with Crippen molar-refractivity contribution in [1.82, 2.24) is 14.8 Å². The lowest BCUT2D eigenvalue weighted by Crippen LogP contribution is -2.35. The molecule has 6 nitrogen and oxygen atoms in total. The number of amides is 2. The van der Waals surface area contributed by atoms with Crippen LogP contribution in [0.5, 0.6) is 0 Å². The number of carbonyl (C=O) groups is 2. The number of carbonyl (C=O) groups excluding carboxylic acids is 2. The second kappa shape index (κ2) is 9.96. The Kier molecular flexibility index (Phi) is 6.85. The van der Waals surface area contributed by atoms with Crippen LogP contribution in [-0.2, 0) is 22.4 Å². The molecule has 7 heteroatoms. The third-order valence-corrected chi connectivity index (χ3v) is 6.19. The molecule has 0 bridgehead atoms. The summed E-state index contributed by atoms with van der Waals surface area (Å²) >= 11 is 0. The van der Waals surface area contributed by atoms with Gasteiger partial charge in [-0.3, -0.25) is 9.59 Å². The SMILES string of the molecule is NC(=O)CNC(=O)Cc1ccc2ccn(C3CCN(CCc4ccc(F)cc4)CC3)c2c1. The molecule has 3 aromatic rings. The first-order valence-electron chi connectivity index (χ1n) is 11.1. The number of likely N-dealkylation sites (tertiary alicyclic amines) is 1. The summed E-state index contributed by atoms with van der Waals surface area (Å²) in [6.45, 7) is 2.90. The fourth-order valence-electron chi connectivity index (χ4n) is 4.42. The van der Waals surface area contributed by atoms with Crippen LogP contribution >= 0.6 is 0 Å². The summed E-state index contributed by atoms with van der Waals surface area (Å²) < 4.78 is 15.4. The zero-order chi connectivity index (χ0) is 22.5. The topological polar surface area (TPSA) is 80.4 Å². The van der Waals surface area contributed by atoms with E-state index in [9.17, 15) is 14.0 Å². The first kappa shape index (κ1) is 22.0. The zero-order valence-electron chi connectivity index (χ0n) is 18.1. The molecular weight excluding hydrogens is 407 g/mol. The van der Waals surface area contributed by atoms with Crippen LogP contribution in [0, 0.1) is 5.82 Å². The van der Waals surface area contributed by atoms with E-state index >= 15 is 0 Å². The number of nitrogens with two attached hydrogens (primary N) is 1. The molecular formula is C25H29FN4O2. The van der Waals surface area contributed by atoms with Crippen molar-refractivity contribution in [3.05, 3.63) is 71.7 Å². The number of primary amides is 1. The first-order valence-corrected chi connectivity index (χ1v) is 11.1. The van der Waals surface area contributed by atoms with Crippen molar-refractivity contribution >= 4 is 22.7 Å². The Balaban J connectivity index is 1.35. The van der Waals surface area contributed by atoms with Crippen molar-refractivity contribution in [1.29, 1.82) is 0 Å². The highest BCUT2D eigenvalue weighted by Crippen LogP contribution is 2.28. The average Bonchev–Trinajstić information content (AvgIpc) is 3.21. The minimum Gasteiger partial charge on any atom is -0.368 e. The van der Waals surface area contributed by atoms with E-state index in [0.717, 1.165) is 60.9 Å². The number of halogens is 1. The van der Waals surface area contributed by atoms with Gasteiger partial charge < -0.3 is 20.5 Å². The van der Waals surface area contributed by atoms with Crippen LogP contribution in [0.4, 0.5) is 4.39 Å². The second-order valence-electron chi connectivity index (χ2n) is 8.49. The predicted molar refractivity (Wildman–Crippen MR) is 123 cm³/mol. The number of hydrogen-bond acceptors (Lipinski definition) is 3. The molecule has 0 radical (unpaired) electrons. The van der Waals surface area contributed by atoms with Crippen molar-refractivity contribution in [2.45, 2.75) is 31.7 Å². The number of hydrogen-bond donors (Lipinski definition) is 2. The molecule has 0 saturated carbocycles. The van der Waals surface area contributed by atoms with Crippen LogP contribution in [0.3, 0.4) is 0 Å². The van der Waals surface area contributed by atoms with Gasteiger partial charge in [0.2, 0.25) is 11.8 Å². The summed E-state index contributed by atoms with van der Waals surface area (Å²) in [7, 11) is 0. The maximum atomic E-state index is 13.1. The van der Waals surface area contributed by atoms with Gasteiger partial charge in [-0.25, -0.2) is 4.39 Å². The van der Waals surface area contributed by atoms with Gasteiger partial charge in [0.1, 0.15) is 5.82 Å². The summed E-state index contributed by atoms with van der Waals surface area (Å²) in [6, 6.07) is 15.4. The van der Waals surface area contributed by atoms with E-state index in [4.69, 9.17) is 5.73 Å². The summed E-state index contributed by atoms with van der Waals surface area (Å²) in [4.78, 5) is 25.4. The lowest BCUT2D eigenvalue weighted by Gasteiger charge is -2.33. The Morgan fingerprint density at radius 2 is 1.75 bits per heavy atom. The van der Waals surface area contributed by atoms with Crippen LogP contribution in [0.15, 0.2) is 54.7 Å². The van der Waals surface area contributed by atoms with Crippen LogP contribution < -0.4 is 11.1 Å². The van der Waals surface area contributed by atoms with E-state index in [1.807, 2.05) is 24.3 Å². The van der Waals surface area contributed by atoms with Crippen molar-refractivity contribution < 1.29 is 14.0 Å². The Hall–Kier alpha value is -3.19. The summed E-state index contributed by atoms with van der Waals surface area (Å²) in [5.74, 6) is -0.953. The summed E-state index contributed by atoms with van der Waals surface area (Å²) in [5.41, 5.74) is 8.30. The molecule has 1 aromatic heterocycles. The molecule has 32 heavy (non-hydrogen) atoms. The van der Waals surface area contributed by atoms with E-state index in [2.05, 4.69) is 33.1 Å². The van der Waals surface area contributed by atoms with Crippen molar-refractivity contribution in [2.24, 2.45) is 5.73 Å². The molecule has 1 aliphatic heterocycles. The Morgan fingerprint density at radius 3 is 2.47 bits per heavy atom. The number of nitrogens with zero attached hydrogens (tertiary/aromatic N) is 2. The molecule has 1 fully saturated rings. The highest BCUT2D eigenvalue weighted by atomic mass is 19.1. The van der Waals surface area contributed by atoms with Gasteiger partial charge in [-0.2, -0.15) is 0 Å². The van der Waals surface area contributed by atoms with Gasteiger partial charge in [-0.05, 0) is 60.0 Å². The number of benzene rings is 2. The number of piperidine rings is 1. The van der Waals surface area contributed by atoms with E-state index in [-0.39, 0.29) is 24.7 Å². The van der Waals surface area contributed by atoms with Gasteiger partial charge in [0.25, 0.3) is 0 Å². The second-order valence-corrected chi connectivity index (χ2v) is 8.49. The van der Waals surface area contributed by atoms with Gasteiger partial charge in [0.15, 0.2) is 0 Å². The molecule has 0 spiro atoms. The van der Waals surface area contributed by atoms with Gasteiger partial charge in [0, 0.05) is 37.4 Å². The van der Waals surface area contributed by atoms with E-state index < -0.39 is 5.91 Å². The van der Waals surface area contributed by atoms with E-state index in [1.165, 1.54) is 12.1 Å². The average molecular weight is 437 g/mol. The molecule has 4 rings (SSSR count). The zero-order valence-corrected chi connectivity index (χ0v) is 18.1. The molecule has 1 saturated heterocycles. The molecule has 2 amide bonds. The largest absolute Gasteiger partial charge is 0.368 e. The van der Waals surface area contributed by atoms with Gasteiger partial charge >= 0.3 is 0 Å². The molecule has 0 aliphatic carbocycles. The maximum Gasteiger partial charge on any atom is 0.236 e. The smallest absolute Gasteiger partial charge is 0.236 e. The minimum absolute atomic E-state index is 0.142. The fraction of sp³-hybridized carbons (Fsp3) is 0.360. The standard InChI is InChI=1S/C25H29FN4O2/c26-21-5-2-18(3-6-21)7-11-29-12-9-22(10-13-29)30-14-8-20-4-1-19(15-23(20)30)16-25(32)28-17-24(27)31/h1-6,8,14-15,22H,7,9-13,16-17H2,(H2,27,31)(H,28,32). The minimum atomic E-state index is -0.549. The molecule has 2 aromatic carbocycles. The van der Waals surface area contributed by atoms with Crippen molar-refractivity contribution in [3.8, 4) is 0 Å². The quantitative estimate of drug-likeness (QED) is 0.570. The number of fused-ring (bicyclic) bond motifs is 1. The normalized spacial score (nSPS) is 15.2. The van der Waals surface area contributed by atoms with Crippen molar-refractivity contribution in [3.63, 3.8) is 0 Å². The third kappa shape index (κ3) is 5.53. The van der Waals surface area contributed by atoms with Gasteiger partial charge in [-0.15, -0.1) is 0 Å².